The maximum atomic E-state index is 11.2. The zero-order chi connectivity index (χ0) is 11.7. The van der Waals surface area contributed by atoms with Crippen LogP contribution in [0.25, 0.3) is 0 Å². The van der Waals surface area contributed by atoms with E-state index in [0.717, 1.165) is 0 Å². The van der Waals surface area contributed by atoms with E-state index in [0.29, 0.717) is 26.2 Å². The highest BCUT2D eigenvalue weighted by Gasteiger charge is 2.11. The highest BCUT2D eigenvalue weighted by atomic mass is 16.5. The van der Waals surface area contributed by atoms with Gasteiger partial charge in [-0.15, -0.1) is 0 Å². The van der Waals surface area contributed by atoms with Crippen LogP contribution in [0.5, 0.6) is 0 Å². The second-order valence-corrected chi connectivity index (χ2v) is 3.66. The van der Waals surface area contributed by atoms with Gasteiger partial charge in [-0.1, -0.05) is 13.8 Å². The van der Waals surface area contributed by atoms with Crippen LogP contribution >= 0.6 is 0 Å². The van der Waals surface area contributed by atoms with E-state index in [4.69, 9.17) is 14.6 Å². The van der Waals surface area contributed by atoms with E-state index >= 15 is 0 Å². The quantitative estimate of drug-likeness (QED) is 0.627. The van der Waals surface area contributed by atoms with E-state index in [2.05, 4.69) is 0 Å². The van der Waals surface area contributed by atoms with E-state index in [1.807, 2.05) is 20.8 Å². The van der Waals surface area contributed by atoms with Crippen molar-refractivity contribution in [1.82, 2.24) is 0 Å². The number of ether oxygens (including phenoxy) is 2. The van der Waals surface area contributed by atoms with Gasteiger partial charge in [-0.25, -0.2) is 0 Å². The van der Waals surface area contributed by atoms with Crippen LogP contribution in [-0.2, 0) is 14.3 Å². The fourth-order valence-corrected chi connectivity index (χ4v) is 1.15. The number of carbonyl (C=O) groups excluding carboxylic acids is 1. The molecule has 0 bridgehead atoms. The molecule has 90 valence electrons. The molecular formula is C11H22O4. The number of ketones is 1. The predicted molar refractivity (Wildman–Crippen MR) is 57.8 cm³/mol. The first kappa shape index (κ1) is 14.6. The van der Waals surface area contributed by atoms with Crippen LogP contribution in [-0.4, -0.2) is 43.4 Å². The zero-order valence-electron chi connectivity index (χ0n) is 9.86. The fourth-order valence-electron chi connectivity index (χ4n) is 1.15. The SMILES string of the molecule is CCC(=O)C(C)COCC(C)OCCO. The molecule has 0 aliphatic carbocycles. The molecule has 0 aromatic rings. The maximum Gasteiger partial charge on any atom is 0.137 e. The molecule has 0 aliphatic rings. The Morgan fingerprint density at radius 1 is 1.33 bits per heavy atom. The van der Waals surface area contributed by atoms with Crippen LogP contribution in [0.2, 0.25) is 0 Å². The third-order valence-corrected chi connectivity index (χ3v) is 2.11. The molecule has 1 N–H and O–H groups in total. The summed E-state index contributed by atoms with van der Waals surface area (Å²) in [6.45, 7) is 6.85. The highest BCUT2D eigenvalue weighted by molar-refractivity contribution is 5.80. The van der Waals surface area contributed by atoms with Gasteiger partial charge in [0.2, 0.25) is 0 Å². The highest BCUT2D eigenvalue weighted by Crippen LogP contribution is 2.02. The molecule has 0 aromatic heterocycles. The van der Waals surface area contributed by atoms with E-state index in [9.17, 15) is 4.79 Å². The Morgan fingerprint density at radius 3 is 2.53 bits per heavy atom. The third-order valence-electron chi connectivity index (χ3n) is 2.11. The number of hydrogen-bond donors (Lipinski definition) is 1. The van der Waals surface area contributed by atoms with Gasteiger partial charge in [-0.05, 0) is 6.92 Å². The smallest absolute Gasteiger partial charge is 0.137 e. The Balaban J connectivity index is 3.47. The van der Waals surface area contributed by atoms with Crippen LogP contribution in [0.1, 0.15) is 27.2 Å². The maximum absolute atomic E-state index is 11.2. The molecule has 4 nitrogen and oxygen atoms in total. The van der Waals surface area contributed by atoms with Crippen LogP contribution in [0.15, 0.2) is 0 Å². The topological polar surface area (TPSA) is 55.8 Å². The lowest BCUT2D eigenvalue weighted by Gasteiger charge is -2.14. The second kappa shape index (κ2) is 8.83. The standard InChI is InChI=1S/C11H22O4/c1-4-11(13)9(2)7-14-8-10(3)15-6-5-12/h9-10,12H,4-8H2,1-3H3. The molecule has 0 saturated carbocycles. The summed E-state index contributed by atoms with van der Waals surface area (Å²) in [5, 5.41) is 8.52. The van der Waals surface area contributed by atoms with Crippen molar-refractivity contribution in [3.8, 4) is 0 Å². The van der Waals surface area contributed by atoms with Gasteiger partial charge in [-0.2, -0.15) is 0 Å². The van der Waals surface area contributed by atoms with Crippen molar-refractivity contribution in [3.63, 3.8) is 0 Å². The number of aliphatic hydroxyl groups is 1. The second-order valence-electron chi connectivity index (χ2n) is 3.66. The molecule has 0 radical (unpaired) electrons. The van der Waals surface area contributed by atoms with Crippen LogP contribution in [0.4, 0.5) is 0 Å². The number of Topliss-reactive ketones (excluding diaryl/α,β-unsaturated/α-hetero) is 1. The van der Waals surface area contributed by atoms with Gasteiger partial charge in [0.1, 0.15) is 5.78 Å². The van der Waals surface area contributed by atoms with Crippen LogP contribution < -0.4 is 0 Å². The lowest BCUT2D eigenvalue weighted by Crippen LogP contribution is -2.22. The summed E-state index contributed by atoms with van der Waals surface area (Å²) < 4.78 is 10.5. The molecule has 0 aliphatic heterocycles. The third kappa shape index (κ3) is 7.48. The van der Waals surface area contributed by atoms with Crippen molar-refractivity contribution in [2.75, 3.05) is 26.4 Å². The van der Waals surface area contributed by atoms with Crippen molar-refractivity contribution >= 4 is 5.78 Å². The van der Waals surface area contributed by atoms with Gasteiger partial charge in [0, 0.05) is 12.3 Å². The van der Waals surface area contributed by atoms with Gasteiger partial charge in [0.15, 0.2) is 0 Å². The molecule has 15 heavy (non-hydrogen) atoms. The number of carbonyl (C=O) groups is 1. The van der Waals surface area contributed by atoms with Crippen molar-refractivity contribution in [2.24, 2.45) is 5.92 Å². The van der Waals surface area contributed by atoms with Crippen molar-refractivity contribution in [2.45, 2.75) is 33.3 Å². The minimum Gasteiger partial charge on any atom is -0.394 e. The number of aliphatic hydroxyl groups excluding tert-OH is 1. The first-order valence-electron chi connectivity index (χ1n) is 5.44. The fraction of sp³-hybridized carbons (Fsp3) is 0.909. The molecule has 0 saturated heterocycles. The van der Waals surface area contributed by atoms with Crippen molar-refractivity contribution in [1.29, 1.82) is 0 Å². The Bertz CT molecular complexity index is 170. The molecule has 0 fully saturated rings. The molecule has 0 amide bonds. The Hall–Kier alpha value is -0.450. The van der Waals surface area contributed by atoms with Gasteiger partial charge in [0.25, 0.3) is 0 Å². The molecule has 2 unspecified atom stereocenters. The van der Waals surface area contributed by atoms with Crippen molar-refractivity contribution < 1.29 is 19.4 Å². The largest absolute Gasteiger partial charge is 0.394 e. The molecule has 2 atom stereocenters. The summed E-state index contributed by atoms with van der Waals surface area (Å²) in [4.78, 5) is 11.2. The summed E-state index contributed by atoms with van der Waals surface area (Å²) in [5.74, 6) is 0.180. The lowest BCUT2D eigenvalue weighted by atomic mass is 10.1. The summed E-state index contributed by atoms with van der Waals surface area (Å²) in [6.07, 6.45) is 0.516. The first-order chi connectivity index (χ1) is 7.11. The summed E-state index contributed by atoms with van der Waals surface area (Å²) in [7, 11) is 0. The molecule has 4 heteroatoms. The lowest BCUT2D eigenvalue weighted by molar-refractivity contribution is -0.124. The molecule has 0 heterocycles. The van der Waals surface area contributed by atoms with Crippen molar-refractivity contribution in [3.05, 3.63) is 0 Å². The van der Waals surface area contributed by atoms with Gasteiger partial charge < -0.3 is 14.6 Å². The predicted octanol–water partition coefficient (Wildman–Crippen LogP) is 1.02. The number of hydrogen-bond acceptors (Lipinski definition) is 4. The van der Waals surface area contributed by atoms with E-state index in [1.165, 1.54) is 0 Å². The summed E-state index contributed by atoms with van der Waals surface area (Å²) in [6, 6.07) is 0. The van der Waals surface area contributed by atoms with Gasteiger partial charge in [-0.3, -0.25) is 4.79 Å². The Labute approximate surface area is 91.6 Å². The van der Waals surface area contributed by atoms with Crippen LogP contribution in [0.3, 0.4) is 0 Å². The monoisotopic (exact) mass is 218 g/mol. The number of rotatable bonds is 9. The van der Waals surface area contributed by atoms with Gasteiger partial charge >= 0.3 is 0 Å². The average Bonchev–Trinajstić information content (AvgIpc) is 2.24. The molecule has 0 rings (SSSR count). The molecule has 0 spiro atoms. The molecule has 0 aromatic carbocycles. The van der Waals surface area contributed by atoms with Gasteiger partial charge in [0.05, 0.1) is 32.5 Å². The van der Waals surface area contributed by atoms with Crippen LogP contribution in [0, 0.1) is 5.92 Å². The minimum atomic E-state index is -0.0416. The Kier molecular flexibility index (Phi) is 8.56. The minimum absolute atomic E-state index is 0.0229. The normalized spacial score (nSPS) is 14.9. The average molecular weight is 218 g/mol. The summed E-state index contributed by atoms with van der Waals surface area (Å²) in [5.41, 5.74) is 0. The van der Waals surface area contributed by atoms with E-state index in [1.54, 1.807) is 0 Å². The molecular weight excluding hydrogens is 196 g/mol. The Morgan fingerprint density at radius 2 is 2.00 bits per heavy atom. The first-order valence-corrected chi connectivity index (χ1v) is 5.44. The van der Waals surface area contributed by atoms with E-state index in [-0.39, 0.29) is 24.4 Å². The zero-order valence-corrected chi connectivity index (χ0v) is 9.86. The van der Waals surface area contributed by atoms with E-state index < -0.39 is 0 Å². The summed E-state index contributed by atoms with van der Waals surface area (Å²) >= 11 is 0.